The molecule has 1 saturated heterocycles. The van der Waals surface area contributed by atoms with Gasteiger partial charge in [-0.15, -0.1) is 0 Å². The number of likely N-dealkylation sites (N-methyl/N-ethyl adjacent to an activating group) is 1. The van der Waals surface area contributed by atoms with Crippen molar-refractivity contribution < 1.29 is 27.5 Å². The first-order valence-corrected chi connectivity index (χ1v) is 9.72. The van der Waals surface area contributed by atoms with Crippen LogP contribution >= 0.6 is 0 Å². The number of aromatic nitrogens is 1. The van der Waals surface area contributed by atoms with Gasteiger partial charge in [-0.05, 0) is 30.8 Å². The quantitative estimate of drug-likeness (QED) is 0.753. The monoisotopic (exact) mass is 436 g/mol. The molecule has 1 aromatic carbocycles. The molecule has 0 bridgehead atoms. The number of piperazine rings is 1. The zero-order chi connectivity index (χ0) is 22.4. The number of rotatable bonds is 6. The van der Waals surface area contributed by atoms with Crippen LogP contribution in [-0.4, -0.2) is 72.6 Å². The van der Waals surface area contributed by atoms with Crippen molar-refractivity contribution in [3.8, 4) is 5.88 Å². The third kappa shape index (κ3) is 6.68. The Bertz CT molecular complexity index is 894. The van der Waals surface area contributed by atoms with Crippen molar-refractivity contribution in [2.75, 3.05) is 39.8 Å². The standard InChI is InChI=1S/C21H23F3N4O3/c1-27-8-10-28(11-9-27)20(30)16-4-2-15(3-5-16)12-26-19(29)17-6-7-18(25-13-17)31-14-21(22,23)24/h2-7,13H,8-12,14H2,1H3,(H,26,29). The minimum atomic E-state index is -4.46. The van der Waals surface area contributed by atoms with Crippen LogP contribution in [0.3, 0.4) is 0 Å². The molecule has 0 spiro atoms. The Balaban J connectivity index is 1.49. The lowest BCUT2D eigenvalue weighted by molar-refractivity contribution is -0.154. The summed E-state index contributed by atoms with van der Waals surface area (Å²) in [5, 5.41) is 2.71. The molecule has 0 saturated carbocycles. The van der Waals surface area contributed by atoms with Gasteiger partial charge in [-0.3, -0.25) is 9.59 Å². The molecule has 1 aromatic heterocycles. The van der Waals surface area contributed by atoms with Gasteiger partial charge in [-0.1, -0.05) is 12.1 Å². The Morgan fingerprint density at radius 1 is 1.03 bits per heavy atom. The lowest BCUT2D eigenvalue weighted by Gasteiger charge is -2.32. The van der Waals surface area contributed by atoms with E-state index in [0.29, 0.717) is 18.7 Å². The van der Waals surface area contributed by atoms with Crippen LogP contribution in [0.4, 0.5) is 13.2 Å². The number of ether oxygens (including phenoxy) is 1. The number of hydrogen-bond acceptors (Lipinski definition) is 5. The first-order valence-electron chi connectivity index (χ1n) is 9.72. The van der Waals surface area contributed by atoms with E-state index in [0.717, 1.165) is 24.8 Å². The first-order chi connectivity index (χ1) is 14.7. The average molecular weight is 436 g/mol. The molecule has 1 aliphatic rings. The molecule has 0 radical (unpaired) electrons. The summed E-state index contributed by atoms with van der Waals surface area (Å²) in [6.45, 7) is 1.87. The topological polar surface area (TPSA) is 74.8 Å². The van der Waals surface area contributed by atoms with E-state index in [4.69, 9.17) is 0 Å². The number of pyridine rings is 1. The Hall–Kier alpha value is -3.14. The van der Waals surface area contributed by atoms with Crippen LogP contribution < -0.4 is 10.1 Å². The number of carbonyl (C=O) groups excluding carboxylic acids is 2. The van der Waals surface area contributed by atoms with Crippen LogP contribution in [-0.2, 0) is 6.54 Å². The minimum absolute atomic E-state index is 0.0115. The molecule has 2 aromatic rings. The summed E-state index contributed by atoms with van der Waals surface area (Å²) in [5.41, 5.74) is 1.60. The Labute approximate surface area is 177 Å². The fourth-order valence-electron chi connectivity index (χ4n) is 3.00. The van der Waals surface area contributed by atoms with E-state index in [9.17, 15) is 22.8 Å². The third-order valence-electron chi connectivity index (χ3n) is 4.83. The molecule has 0 unspecified atom stereocenters. The number of carbonyl (C=O) groups is 2. The lowest BCUT2D eigenvalue weighted by Crippen LogP contribution is -2.47. The number of nitrogens with zero attached hydrogens (tertiary/aromatic N) is 3. The number of alkyl halides is 3. The van der Waals surface area contributed by atoms with Crippen molar-refractivity contribution in [1.29, 1.82) is 0 Å². The normalized spacial score (nSPS) is 14.9. The van der Waals surface area contributed by atoms with E-state index in [1.54, 1.807) is 24.3 Å². The lowest BCUT2D eigenvalue weighted by atomic mass is 10.1. The zero-order valence-electron chi connectivity index (χ0n) is 17.0. The second kappa shape index (κ2) is 9.78. The summed E-state index contributed by atoms with van der Waals surface area (Å²) < 4.78 is 41.0. The van der Waals surface area contributed by atoms with Crippen LogP contribution in [0.15, 0.2) is 42.6 Å². The highest BCUT2D eigenvalue weighted by Gasteiger charge is 2.28. The van der Waals surface area contributed by atoms with Crippen LogP contribution in [0.25, 0.3) is 0 Å². The Morgan fingerprint density at radius 3 is 2.26 bits per heavy atom. The summed E-state index contributed by atoms with van der Waals surface area (Å²) >= 11 is 0. The van der Waals surface area contributed by atoms with Crippen molar-refractivity contribution in [3.05, 3.63) is 59.3 Å². The summed E-state index contributed by atoms with van der Waals surface area (Å²) in [4.78, 5) is 32.5. The molecule has 31 heavy (non-hydrogen) atoms. The number of amides is 2. The van der Waals surface area contributed by atoms with Gasteiger partial charge in [0, 0.05) is 50.6 Å². The van der Waals surface area contributed by atoms with E-state index < -0.39 is 18.7 Å². The second-order valence-electron chi connectivity index (χ2n) is 7.26. The molecule has 2 amide bonds. The van der Waals surface area contributed by atoms with Crippen LogP contribution in [0.1, 0.15) is 26.3 Å². The number of benzene rings is 1. The third-order valence-corrected chi connectivity index (χ3v) is 4.83. The van der Waals surface area contributed by atoms with E-state index in [2.05, 4.69) is 19.9 Å². The fourth-order valence-corrected chi connectivity index (χ4v) is 3.00. The summed E-state index contributed by atoms with van der Waals surface area (Å²) in [7, 11) is 2.02. The minimum Gasteiger partial charge on any atom is -0.468 e. The molecule has 0 aliphatic carbocycles. The van der Waals surface area contributed by atoms with Gasteiger partial charge in [0.2, 0.25) is 5.88 Å². The molecule has 166 valence electrons. The van der Waals surface area contributed by atoms with Gasteiger partial charge in [0.25, 0.3) is 11.8 Å². The van der Waals surface area contributed by atoms with E-state index in [1.807, 2.05) is 11.9 Å². The van der Waals surface area contributed by atoms with E-state index in [-0.39, 0.29) is 23.9 Å². The van der Waals surface area contributed by atoms with E-state index >= 15 is 0 Å². The Morgan fingerprint density at radius 2 is 1.68 bits per heavy atom. The zero-order valence-corrected chi connectivity index (χ0v) is 17.0. The van der Waals surface area contributed by atoms with Gasteiger partial charge in [-0.2, -0.15) is 13.2 Å². The number of hydrogen-bond donors (Lipinski definition) is 1. The van der Waals surface area contributed by atoms with Gasteiger partial charge >= 0.3 is 6.18 Å². The van der Waals surface area contributed by atoms with Crippen molar-refractivity contribution in [2.45, 2.75) is 12.7 Å². The second-order valence-corrected chi connectivity index (χ2v) is 7.26. The molecule has 7 nitrogen and oxygen atoms in total. The molecule has 2 heterocycles. The highest BCUT2D eigenvalue weighted by atomic mass is 19.4. The summed E-state index contributed by atoms with van der Waals surface area (Å²) in [5.74, 6) is -0.649. The summed E-state index contributed by atoms with van der Waals surface area (Å²) in [6, 6.07) is 9.56. The average Bonchev–Trinajstić information content (AvgIpc) is 2.76. The molecule has 3 rings (SSSR count). The predicted octanol–water partition coefficient (Wildman–Crippen LogP) is 2.34. The smallest absolute Gasteiger partial charge is 0.422 e. The molecular formula is C21H23F3N4O3. The van der Waals surface area contributed by atoms with Crippen molar-refractivity contribution in [3.63, 3.8) is 0 Å². The highest BCUT2D eigenvalue weighted by molar-refractivity contribution is 5.95. The predicted molar refractivity (Wildman–Crippen MR) is 107 cm³/mol. The van der Waals surface area contributed by atoms with E-state index in [1.165, 1.54) is 12.1 Å². The maximum Gasteiger partial charge on any atom is 0.422 e. The molecule has 0 atom stereocenters. The SMILES string of the molecule is CN1CCN(C(=O)c2ccc(CNC(=O)c3ccc(OCC(F)(F)F)nc3)cc2)CC1. The molecule has 1 aliphatic heterocycles. The summed E-state index contributed by atoms with van der Waals surface area (Å²) in [6.07, 6.45) is -3.30. The highest BCUT2D eigenvalue weighted by Crippen LogP contribution is 2.17. The van der Waals surface area contributed by atoms with Gasteiger partial charge in [0.15, 0.2) is 6.61 Å². The maximum atomic E-state index is 12.6. The van der Waals surface area contributed by atoms with Gasteiger partial charge in [0.05, 0.1) is 5.56 Å². The largest absolute Gasteiger partial charge is 0.468 e. The maximum absolute atomic E-state index is 12.6. The van der Waals surface area contributed by atoms with Gasteiger partial charge in [-0.25, -0.2) is 4.98 Å². The molecule has 1 N–H and O–H groups in total. The van der Waals surface area contributed by atoms with Crippen molar-refractivity contribution in [1.82, 2.24) is 20.1 Å². The first kappa shape index (κ1) is 22.5. The Kier molecular flexibility index (Phi) is 7.11. The van der Waals surface area contributed by atoms with Crippen molar-refractivity contribution >= 4 is 11.8 Å². The van der Waals surface area contributed by atoms with Gasteiger partial charge in [0.1, 0.15) is 0 Å². The molecule has 1 fully saturated rings. The molecular weight excluding hydrogens is 413 g/mol. The van der Waals surface area contributed by atoms with Crippen molar-refractivity contribution in [2.24, 2.45) is 0 Å². The number of halogens is 3. The van der Waals surface area contributed by atoms with Crippen LogP contribution in [0.2, 0.25) is 0 Å². The van der Waals surface area contributed by atoms with Gasteiger partial charge < -0.3 is 19.9 Å². The number of nitrogens with one attached hydrogen (secondary N) is 1. The van der Waals surface area contributed by atoms with Crippen LogP contribution in [0, 0.1) is 0 Å². The van der Waals surface area contributed by atoms with Crippen LogP contribution in [0.5, 0.6) is 5.88 Å². The molecule has 10 heteroatoms. The fraction of sp³-hybridized carbons (Fsp3) is 0.381.